The van der Waals surface area contributed by atoms with Gasteiger partial charge < -0.3 is 4.74 Å². The summed E-state index contributed by atoms with van der Waals surface area (Å²) in [4.78, 5) is 42.2. The molecule has 0 N–H and O–H groups in total. The third-order valence-electron chi connectivity index (χ3n) is 5.37. The van der Waals surface area contributed by atoms with E-state index in [1.54, 1.807) is 32.1 Å². The molecule has 0 saturated carbocycles. The molecule has 0 unspecified atom stereocenters. The molecule has 3 aromatic rings. The SMILES string of the molecule is CCOC(=O)C1=C(C)N=c2s/c(=C/c3ccc(Br)c([N+](=O)[O-])c3)c(=O)n2[C@H]1c1ccc(C)cc1. The summed E-state index contributed by atoms with van der Waals surface area (Å²) in [5.74, 6) is -0.521. The Morgan fingerprint density at radius 1 is 1.26 bits per heavy atom. The molecule has 174 valence electrons. The average molecular weight is 542 g/mol. The first-order chi connectivity index (χ1) is 16.2. The predicted octanol–water partition coefficient (Wildman–Crippen LogP) is 3.78. The highest BCUT2D eigenvalue weighted by molar-refractivity contribution is 9.10. The van der Waals surface area contributed by atoms with Crippen LogP contribution < -0.4 is 14.9 Å². The highest BCUT2D eigenvalue weighted by atomic mass is 79.9. The number of halogens is 1. The van der Waals surface area contributed by atoms with E-state index in [1.165, 1.54) is 22.0 Å². The second-order valence-corrected chi connectivity index (χ2v) is 9.54. The van der Waals surface area contributed by atoms with Crippen LogP contribution in [0.5, 0.6) is 0 Å². The van der Waals surface area contributed by atoms with E-state index >= 15 is 0 Å². The fourth-order valence-electron chi connectivity index (χ4n) is 3.77. The third kappa shape index (κ3) is 4.38. The number of hydrogen-bond acceptors (Lipinski definition) is 7. The number of benzene rings is 2. The molecule has 2 aromatic carbocycles. The van der Waals surface area contributed by atoms with Crippen LogP contribution in [0.2, 0.25) is 0 Å². The quantitative estimate of drug-likeness (QED) is 0.277. The number of hydrogen-bond donors (Lipinski definition) is 0. The number of nitro groups is 1. The molecule has 10 heteroatoms. The van der Waals surface area contributed by atoms with E-state index in [0.29, 0.717) is 30.6 Å². The highest BCUT2D eigenvalue weighted by Crippen LogP contribution is 2.31. The van der Waals surface area contributed by atoms with E-state index in [-0.39, 0.29) is 17.9 Å². The Morgan fingerprint density at radius 2 is 1.97 bits per heavy atom. The van der Waals surface area contributed by atoms with Crippen LogP contribution in [0.3, 0.4) is 0 Å². The monoisotopic (exact) mass is 541 g/mol. The van der Waals surface area contributed by atoms with Crippen molar-refractivity contribution in [1.82, 2.24) is 4.57 Å². The number of allylic oxidation sites excluding steroid dienone is 1. The van der Waals surface area contributed by atoms with Gasteiger partial charge in [0.25, 0.3) is 11.2 Å². The Kier molecular flexibility index (Phi) is 6.63. The maximum atomic E-state index is 13.6. The first-order valence-corrected chi connectivity index (χ1v) is 12.0. The largest absolute Gasteiger partial charge is 0.463 e. The molecule has 2 heterocycles. The molecule has 0 amide bonds. The van der Waals surface area contributed by atoms with Gasteiger partial charge in [0.15, 0.2) is 4.80 Å². The van der Waals surface area contributed by atoms with E-state index in [9.17, 15) is 19.7 Å². The number of aromatic nitrogens is 1. The zero-order valence-electron chi connectivity index (χ0n) is 18.6. The van der Waals surface area contributed by atoms with Crippen molar-refractivity contribution < 1.29 is 14.5 Å². The van der Waals surface area contributed by atoms with Gasteiger partial charge in [-0.15, -0.1) is 0 Å². The molecule has 4 rings (SSSR count). The Bertz CT molecular complexity index is 1520. The average Bonchev–Trinajstić information content (AvgIpc) is 3.09. The highest BCUT2D eigenvalue weighted by Gasteiger charge is 2.33. The standard InChI is InChI=1S/C24H20BrN3O5S/c1-4-33-23(30)20-14(3)26-24-27(21(20)16-8-5-13(2)6-9-16)22(29)19(34-24)12-15-7-10-17(25)18(11-15)28(31)32/h5-12,21H,4H2,1-3H3/b19-12+/t21-/m0/s1. The molecule has 0 fully saturated rings. The second kappa shape index (κ2) is 9.47. The second-order valence-electron chi connectivity index (χ2n) is 7.68. The van der Waals surface area contributed by atoms with Gasteiger partial charge in [0, 0.05) is 6.07 Å². The van der Waals surface area contributed by atoms with E-state index in [1.807, 2.05) is 31.2 Å². The van der Waals surface area contributed by atoms with E-state index in [2.05, 4.69) is 20.9 Å². The van der Waals surface area contributed by atoms with E-state index in [4.69, 9.17) is 4.74 Å². The lowest BCUT2D eigenvalue weighted by Gasteiger charge is -2.24. The summed E-state index contributed by atoms with van der Waals surface area (Å²) in [6.45, 7) is 5.60. The summed E-state index contributed by atoms with van der Waals surface area (Å²) in [7, 11) is 0. The van der Waals surface area contributed by atoms with Crippen molar-refractivity contribution >= 4 is 45.0 Å². The lowest BCUT2D eigenvalue weighted by atomic mass is 9.95. The van der Waals surface area contributed by atoms with E-state index in [0.717, 1.165) is 11.1 Å². The maximum Gasteiger partial charge on any atom is 0.338 e. The van der Waals surface area contributed by atoms with Crippen molar-refractivity contribution in [2.75, 3.05) is 6.61 Å². The summed E-state index contributed by atoms with van der Waals surface area (Å²) in [6.07, 6.45) is 1.60. The summed E-state index contributed by atoms with van der Waals surface area (Å²) in [5, 5.41) is 11.3. The van der Waals surface area contributed by atoms with Crippen LogP contribution in [-0.4, -0.2) is 22.1 Å². The Balaban J connectivity index is 1.94. The predicted molar refractivity (Wildman–Crippen MR) is 132 cm³/mol. The van der Waals surface area contributed by atoms with Crippen LogP contribution in [0.15, 0.2) is 68.0 Å². The normalized spacial score (nSPS) is 15.6. The van der Waals surface area contributed by atoms with Gasteiger partial charge in [0.05, 0.1) is 37.8 Å². The summed E-state index contributed by atoms with van der Waals surface area (Å²) < 4.78 is 7.48. The van der Waals surface area contributed by atoms with Gasteiger partial charge in [-0.05, 0) is 60.0 Å². The number of carbonyl (C=O) groups is 1. The zero-order valence-corrected chi connectivity index (χ0v) is 21.0. The first-order valence-electron chi connectivity index (χ1n) is 10.4. The molecular formula is C24H20BrN3O5S. The molecule has 0 aliphatic carbocycles. The van der Waals surface area contributed by atoms with Gasteiger partial charge in [-0.1, -0.05) is 47.2 Å². The van der Waals surface area contributed by atoms with Gasteiger partial charge in [0.2, 0.25) is 0 Å². The summed E-state index contributed by atoms with van der Waals surface area (Å²) >= 11 is 4.34. The number of esters is 1. The van der Waals surface area contributed by atoms with Crippen molar-refractivity contribution in [2.45, 2.75) is 26.8 Å². The smallest absolute Gasteiger partial charge is 0.338 e. The number of rotatable bonds is 5. The Morgan fingerprint density at radius 3 is 2.62 bits per heavy atom. The minimum absolute atomic E-state index is 0.0977. The minimum atomic E-state index is -0.697. The molecule has 1 aromatic heterocycles. The van der Waals surface area contributed by atoms with Gasteiger partial charge in [0.1, 0.15) is 0 Å². The van der Waals surface area contributed by atoms with Gasteiger partial charge in [-0.25, -0.2) is 9.79 Å². The van der Waals surface area contributed by atoms with Crippen LogP contribution in [0.4, 0.5) is 5.69 Å². The van der Waals surface area contributed by atoms with Gasteiger partial charge >= 0.3 is 5.97 Å². The van der Waals surface area contributed by atoms with Crippen molar-refractivity contribution in [3.8, 4) is 0 Å². The van der Waals surface area contributed by atoms with Crippen LogP contribution in [0.1, 0.15) is 36.6 Å². The van der Waals surface area contributed by atoms with Gasteiger partial charge in [-0.3, -0.25) is 19.5 Å². The fraction of sp³-hybridized carbons (Fsp3) is 0.208. The molecular weight excluding hydrogens is 522 g/mol. The lowest BCUT2D eigenvalue weighted by Crippen LogP contribution is -2.39. The van der Waals surface area contributed by atoms with Crippen LogP contribution >= 0.6 is 27.3 Å². The number of carbonyl (C=O) groups excluding carboxylic acids is 1. The third-order valence-corrected chi connectivity index (χ3v) is 7.03. The summed E-state index contributed by atoms with van der Waals surface area (Å²) in [5.41, 5.74) is 2.67. The van der Waals surface area contributed by atoms with Crippen LogP contribution in [0, 0.1) is 17.0 Å². The topological polar surface area (TPSA) is 104 Å². The Hall–Kier alpha value is -3.37. The van der Waals surface area contributed by atoms with Crippen LogP contribution in [-0.2, 0) is 9.53 Å². The van der Waals surface area contributed by atoms with E-state index < -0.39 is 16.9 Å². The molecule has 0 bridgehead atoms. The minimum Gasteiger partial charge on any atom is -0.463 e. The molecule has 1 aliphatic heterocycles. The zero-order chi connectivity index (χ0) is 24.6. The van der Waals surface area contributed by atoms with Crippen molar-refractivity contribution in [2.24, 2.45) is 4.99 Å². The Labute approximate surface area is 206 Å². The first kappa shape index (κ1) is 23.8. The number of aryl methyl sites for hydroxylation is 1. The fourth-order valence-corrected chi connectivity index (χ4v) is 5.20. The van der Waals surface area contributed by atoms with Crippen molar-refractivity contribution in [1.29, 1.82) is 0 Å². The number of thiazole rings is 1. The number of nitro benzene ring substituents is 1. The number of fused-ring (bicyclic) bond motifs is 1. The lowest BCUT2D eigenvalue weighted by molar-refractivity contribution is -0.385. The number of nitrogens with zero attached hydrogens (tertiary/aromatic N) is 3. The molecule has 8 nitrogen and oxygen atoms in total. The summed E-state index contributed by atoms with van der Waals surface area (Å²) in [6, 6.07) is 11.6. The molecule has 34 heavy (non-hydrogen) atoms. The van der Waals surface area contributed by atoms with Crippen LogP contribution in [0.25, 0.3) is 6.08 Å². The molecule has 1 atom stereocenters. The van der Waals surface area contributed by atoms with Gasteiger partial charge in [-0.2, -0.15) is 0 Å². The van der Waals surface area contributed by atoms with Crippen molar-refractivity contribution in [3.63, 3.8) is 0 Å². The van der Waals surface area contributed by atoms with Crippen molar-refractivity contribution in [3.05, 3.63) is 105 Å². The molecule has 0 spiro atoms. The molecule has 0 saturated heterocycles. The molecule has 1 aliphatic rings. The number of ether oxygens (including phenoxy) is 1. The molecule has 0 radical (unpaired) electrons. The maximum absolute atomic E-state index is 13.6.